The van der Waals surface area contributed by atoms with Crippen molar-refractivity contribution in [3.8, 4) is 11.5 Å². The summed E-state index contributed by atoms with van der Waals surface area (Å²) in [5.41, 5.74) is 7.68. The number of likely N-dealkylation sites (N-methyl/N-ethyl adjacent to an activating group) is 1. The number of carbonyl (C=O) groups is 2. The predicted octanol–water partition coefficient (Wildman–Crippen LogP) is 1.32. The van der Waals surface area contributed by atoms with Gasteiger partial charge in [-0.1, -0.05) is 0 Å². The number of benzene rings is 1. The summed E-state index contributed by atoms with van der Waals surface area (Å²) >= 11 is 3.37. The summed E-state index contributed by atoms with van der Waals surface area (Å²) in [6, 6.07) is 2.63. The third kappa shape index (κ3) is 6.15. The molecule has 0 unspecified atom stereocenters. The number of rotatable bonds is 7. The monoisotopic (exact) mass is 386 g/mol. The van der Waals surface area contributed by atoms with Gasteiger partial charge in [-0.05, 0) is 40.5 Å². The van der Waals surface area contributed by atoms with E-state index in [4.69, 9.17) is 15.2 Å². The van der Waals surface area contributed by atoms with Crippen LogP contribution in [0.15, 0.2) is 21.7 Å². The zero-order valence-electron chi connectivity index (χ0n) is 13.1. The summed E-state index contributed by atoms with van der Waals surface area (Å²) < 4.78 is 11.7. The van der Waals surface area contributed by atoms with E-state index < -0.39 is 6.03 Å². The fraction of sp³-hybridized carbons (Fsp3) is 0.357. The fourth-order valence-corrected chi connectivity index (χ4v) is 2.07. The number of nitrogens with two attached hydrogens (primary N) is 1. The van der Waals surface area contributed by atoms with Crippen molar-refractivity contribution in [2.24, 2.45) is 10.8 Å². The summed E-state index contributed by atoms with van der Waals surface area (Å²) in [5.74, 6) is 0.701. The summed E-state index contributed by atoms with van der Waals surface area (Å²) in [6.07, 6.45) is 1.41. The Morgan fingerprint density at radius 3 is 2.65 bits per heavy atom. The summed E-state index contributed by atoms with van der Waals surface area (Å²) in [7, 11) is 3.30. The molecule has 0 aliphatic rings. The largest absolute Gasteiger partial charge is 0.490 e. The topological polar surface area (TPSA) is 106 Å². The second-order valence-corrected chi connectivity index (χ2v) is 5.43. The molecule has 0 spiro atoms. The van der Waals surface area contributed by atoms with Crippen LogP contribution in [0.1, 0.15) is 12.5 Å². The van der Waals surface area contributed by atoms with E-state index >= 15 is 0 Å². The van der Waals surface area contributed by atoms with Crippen molar-refractivity contribution in [2.75, 3.05) is 27.3 Å². The van der Waals surface area contributed by atoms with Crippen molar-refractivity contribution < 1.29 is 19.1 Å². The highest BCUT2D eigenvalue weighted by Crippen LogP contribution is 2.36. The van der Waals surface area contributed by atoms with Crippen LogP contribution in [0.4, 0.5) is 4.79 Å². The minimum atomic E-state index is -0.757. The number of hydrogen-bond donors (Lipinski definition) is 2. The number of ether oxygens (including phenoxy) is 2. The van der Waals surface area contributed by atoms with E-state index in [1.165, 1.54) is 11.1 Å². The lowest BCUT2D eigenvalue weighted by Gasteiger charge is -2.16. The Balaban J connectivity index is 2.99. The molecule has 0 aromatic heterocycles. The first-order valence-electron chi connectivity index (χ1n) is 6.73. The van der Waals surface area contributed by atoms with Crippen molar-refractivity contribution >= 4 is 34.1 Å². The molecule has 0 atom stereocenters. The molecule has 126 valence electrons. The van der Waals surface area contributed by atoms with Gasteiger partial charge in [-0.15, -0.1) is 0 Å². The van der Waals surface area contributed by atoms with Gasteiger partial charge in [0.2, 0.25) is 0 Å². The van der Waals surface area contributed by atoms with Crippen molar-refractivity contribution in [3.63, 3.8) is 0 Å². The number of primary amides is 1. The summed E-state index contributed by atoms with van der Waals surface area (Å²) in [6.45, 7) is 2.14. The molecule has 0 aliphatic heterocycles. The molecule has 0 heterocycles. The number of urea groups is 1. The molecule has 0 fully saturated rings. The minimum Gasteiger partial charge on any atom is -0.490 e. The Morgan fingerprint density at radius 1 is 1.39 bits per heavy atom. The molecule has 0 saturated carbocycles. The van der Waals surface area contributed by atoms with Gasteiger partial charge in [0.15, 0.2) is 18.1 Å². The van der Waals surface area contributed by atoms with E-state index in [9.17, 15) is 9.59 Å². The zero-order chi connectivity index (χ0) is 17.4. The highest BCUT2D eigenvalue weighted by atomic mass is 79.9. The lowest BCUT2D eigenvalue weighted by atomic mass is 10.2. The molecule has 3 amide bonds. The lowest BCUT2D eigenvalue weighted by molar-refractivity contribution is -0.130. The molecule has 3 N–H and O–H groups in total. The van der Waals surface area contributed by atoms with Gasteiger partial charge in [0, 0.05) is 14.1 Å². The van der Waals surface area contributed by atoms with Crippen molar-refractivity contribution in [1.29, 1.82) is 0 Å². The maximum Gasteiger partial charge on any atom is 0.332 e. The maximum absolute atomic E-state index is 11.6. The predicted molar refractivity (Wildman–Crippen MR) is 89.8 cm³/mol. The molecule has 9 heteroatoms. The molecule has 8 nitrogen and oxygen atoms in total. The SMILES string of the molecule is CCOc1cc(C=NNC(N)=O)cc(Br)c1OCC(=O)N(C)C. The first-order valence-corrected chi connectivity index (χ1v) is 7.52. The molecule has 1 aromatic carbocycles. The third-order valence-electron chi connectivity index (χ3n) is 2.56. The number of carbonyl (C=O) groups excluding carboxylic acids is 2. The van der Waals surface area contributed by atoms with E-state index in [0.29, 0.717) is 28.1 Å². The van der Waals surface area contributed by atoms with Crippen LogP contribution in [0, 0.1) is 0 Å². The fourth-order valence-electron chi connectivity index (χ4n) is 1.50. The van der Waals surface area contributed by atoms with Gasteiger partial charge >= 0.3 is 6.03 Å². The Labute approximate surface area is 142 Å². The Hall–Kier alpha value is -2.29. The van der Waals surface area contributed by atoms with Crippen molar-refractivity contribution in [1.82, 2.24) is 10.3 Å². The summed E-state index contributed by atoms with van der Waals surface area (Å²) in [5, 5.41) is 3.68. The van der Waals surface area contributed by atoms with Crippen LogP contribution in [-0.4, -0.2) is 50.4 Å². The molecule has 23 heavy (non-hydrogen) atoms. The van der Waals surface area contributed by atoms with Gasteiger partial charge in [0.05, 0.1) is 17.3 Å². The number of amides is 3. The minimum absolute atomic E-state index is 0.109. The molecule has 1 aromatic rings. The standard InChI is InChI=1S/C14H19BrN4O4/c1-4-22-11-6-9(7-17-18-14(16)21)5-10(15)13(11)23-8-12(20)19(2)3/h5-7H,4,8H2,1-3H3,(H3,16,18,21). The normalized spacial score (nSPS) is 10.4. The van der Waals surface area contributed by atoms with Gasteiger partial charge in [-0.25, -0.2) is 10.2 Å². The smallest absolute Gasteiger partial charge is 0.332 e. The summed E-state index contributed by atoms with van der Waals surface area (Å²) in [4.78, 5) is 23.7. The van der Waals surface area contributed by atoms with Gasteiger partial charge in [-0.3, -0.25) is 4.79 Å². The van der Waals surface area contributed by atoms with E-state index in [2.05, 4.69) is 26.5 Å². The number of halogens is 1. The van der Waals surface area contributed by atoms with Crippen LogP contribution in [0.3, 0.4) is 0 Å². The molecule has 0 bridgehead atoms. The highest BCUT2D eigenvalue weighted by Gasteiger charge is 2.14. The van der Waals surface area contributed by atoms with Gasteiger partial charge in [0.25, 0.3) is 5.91 Å². The van der Waals surface area contributed by atoms with E-state index in [1.807, 2.05) is 6.92 Å². The number of nitrogens with zero attached hydrogens (tertiary/aromatic N) is 2. The molecular formula is C14H19BrN4O4. The molecule has 0 radical (unpaired) electrons. The molecule has 0 saturated heterocycles. The Morgan fingerprint density at radius 2 is 2.09 bits per heavy atom. The lowest BCUT2D eigenvalue weighted by Crippen LogP contribution is -2.27. The molecule has 0 aliphatic carbocycles. The van der Waals surface area contributed by atoms with Gasteiger partial charge in [-0.2, -0.15) is 5.10 Å². The Kier molecular flexibility index (Phi) is 7.33. The highest BCUT2D eigenvalue weighted by molar-refractivity contribution is 9.10. The van der Waals surface area contributed by atoms with E-state index in [0.717, 1.165) is 0 Å². The number of nitrogens with one attached hydrogen (secondary N) is 1. The number of hydrazone groups is 1. The maximum atomic E-state index is 11.6. The van der Waals surface area contributed by atoms with Crippen LogP contribution >= 0.6 is 15.9 Å². The van der Waals surface area contributed by atoms with Crippen LogP contribution in [-0.2, 0) is 4.79 Å². The first kappa shape index (κ1) is 18.8. The first-order chi connectivity index (χ1) is 10.8. The van der Waals surface area contributed by atoms with Crippen LogP contribution in [0.5, 0.6) is 11.5 Å². The van der Waals surface area contributed by atoms with Crippen LogP contribution in [0.2, 0.25) is 0 Å². The van der Waals surface area contributed by atoms with Crippen LogP contribution in [0.25, 0.3) is 0 Å². The van der Waals surface area contributed by atoms with Gasteiger partial charge in [0.1, 0.15) is 0 Å². The Bertz CT molecular complexity index is 605. The second kappa shape index (κ2) is 8.99. The van der Waals surface area contributed by atoms with Gasteiger partial charge < -0.3 is 20.1 Å². The quantitative estimate of drug-likeness (QED) is 0.544. The average molecular weight is 387 g/mol. The van der Waals surface area contributed by atoms with Crippen molar-refractivity contribution in [3.05, 3.63) is 22.2 Å². The molecular weight excluding hydrogens is 368 g/mol. The second-order valence-electron chi connectivity index (χ2n) is 4.57. The zero-order valence-corrected chi connectivity index (χ0v) is 14.7. The molecule has 1 rings (SSSR count). The average Bonchev–Trinajstić information content (AvgIpc) is 2.45. The van der Waals surface area contributed by atoms with Crippen molar-refractivity contribution in [2.45, 2.75) is 6.92 Å². The third-order valence-corrected chi connectivity index (χ3v) is 3.15. The van der Waals surface area contributed by atoms with E-state index in [-0.39, 0.29) is 12.5 Å². The van der Waals surface area contributed by atoms with Crippen LogP contribution < -0.4 is 20.6 Å². The van der Waals surface area contributed by atoms with E-state index in [1.54, 1.807) is 26.2 Å². The number of hydrogen-bond acceptors (Lipinski definition) is 5.